The highest BCUT2D eigenvalue weighted by molar-refractivity contribution is 5.97. The number of nitrogens with zero attached hydrogens (tertiary/aromatic N) is 3. The molecule has 0 bridgehead atoms. The van der Waals surface area contributed by atoms with E-state index in [1.54, 1.807) is 24.4 Å². The highest BCUT2D eigenvalue weighted by Gasteiger charge is 2.30. The highest BCUT2D eigenvalue weighted by atomic mass is 19.1. The molecule has 3 aromatic rings. The molecule has 176 valence electrons. The number of aromatic nitrogens is 3. The molecule has 1 saturated carbocycles. The molecule has 1 saturated heterocycles. The van der Waals surface area contributed by atoms with Gasteiger partial charge in [0, 0.05) is 30.3 Å². The van der Waals surface area contributed by atoms with Gasteiger partial charge in [0.1, 0.15) is 23.3 Å². The number of ether oxygens (including phenoxy) is 1. The van der Waals surface area contributed by atoms with Crippen molar-refractivity contribution in [3.63, 3.8) is 0 Å². The first-order valence-corrected chi connectivity index (χ1v) is 11.3. The fourth-order valence-electron chi connectivity index (χ4n) is 4.05. The number of rotatable bonds is 7. The van der Waals surface area contributed by atoms with Crippen LogP contribution in [0.25, 0.3) is 11.1 Å². The Bertz CT molecular complexity index is 1210. The molecular formula is C24H26FN7O2. The molecule has 2 aliphatic rings. The fraction of sp³-hybridized carbons (Fsp3) is 0.333. The third-order valence-corrected chi connectivity index (χ3v) is 6.09. The number of nitrogens with one attached hydrogen (secondary N) is 4. The Labute approximate surface area is 196 Å². The molecule has 1 aromatic carbocycles. The van der Waals surface area contributed by atoms with Crippen molar-refractivity contribution < 1.29 is 13.9 Å². The predicted molar refractivity (Wildman–Crippen MR) is 128 cm³/mol. The number of hydrogen-bond acceptors (Lipinski definition) is 7. The monoisotopic (exact) mass is 463 g/mol. The summed E-state index contributed by atoms with van der Waals surface area (Å²) >= 11 is 0. The summed E-state index contributed by atoms with van der Waals surface area (Å²) in [4.78, 5) is 19.0. The van der Waals surface area contributed by atoms with E-state index in [9.17, 15) is 9.18 Å². The molecule has 34 heavy (non-hydrogen) atoms. The Kier molecular flexibility index (Phi) is 5.97. The van der Waals surface area contributed by atoms with Gasteiger partial charge in [-0.15, -0.1) is 0 Å². The van der Waals surface area contributed by atoms with E-state index in [-0.39, 0.29) is 23.6 Å². The Morgan fingerprint density at radius 1 is 1.32 bits per heavy atom. The molecule has 2 fully saturated rings. The summed E-state index contributed by atoms with van der Waals surface area (Å²) in [6, 6.07) is 8.44. The van der Waals surface area contributed by atoms with Gasteiger partial charge in [0.25, 0.3) is 0 Å². The Balaban J connectivity index is 1.56. The predicted octanol–water partition coefficient (Wildman–Crippen LogP) is 3.93. The maximum atomic E-state index is 15.0. The Morgan fingerprint density at radius 2 is 2.18 bits per heavy atom. The van der Waals surface area contributed by atoms with Crippen molar-refractivity contribution in [2.45, 2.75) is 25.8 Å². The zero-order valence-electron chi connectivity index (χ0n) is 18.8. The second-order valence-corrected chi connectivity index (χ2v) is 8.61. The Morgan fingerprint density at radius 3 is 2.85 bits per heavy atom. The summed E-state index contributed by atoms with van der Waals surface area (Å²) in [6.45, 7) is 3.89. The molecule has 10 heteroatoms. The molecule has 1 amide bonds. The first kappa shape index (κ1) is 22.0. The van der Waals surface area contributed by atoms with Crippen molar-refractivity contribution in [1.82, 2.24) is 15.2 Å². The van der Waals surface area contributed by atoms with Crippen LogP contribution in [0.15, 0.2) is 36.5 Å². The zero-order chi connectivity index (χ0) is 23.7. The lowest BCUT2D eigenvalue weighted by molar-refractivity contribution is -0.117. The van der Waals surface area contributed by atoms with Gasteiger partial charge in [-0.05, 0) is 49.1 Å². The summed E-state index contributed by atoms with van der Waals surface area (Å²) in [7, 11) is 0. The van der Waals surface area contributed by atoms with E-state index in [1.165, 1.54) is 12.3 Å². The second kappa shape index (κ2) is 9.22. The summed E-state index contributed by atoms with van der Waals surface area (Å²) in [5.41, 5.74) is 1.90. The van der Waals surface area contributed by atoms with Gasteiger partial charge in [0.2, 0.25) is 5.91 Å². The van der Waals surface area contributed by atoms with Crippen molar-refractivity contribution in [3.05, 3.63) is 47.9 Å². The van der Waals surface area contributed by atoms with Gasteiger partial charge < -0.3 is 25.7 Å². The topological polar surface area (TPSA) is 119 Å². The minimum Gasteiger partial charge on any atom is -0.377 e. The lowest BCUT2D eigenvalue weighted by Crippen LogP contribution is -2.44. The van der Waals surface area contributed by atoms with Crippen LogP contribution in [0.3, 0.4) is 0 Å². The fourth-order valence-corrected chi connectivity index (χ4v) is 4.05. The maximum absolute atomic E-state index is 15.0. The van der Waals surface area contributed by atoms with Crippen LogP contribution in [0.2, 0.25) is 0 Å². The van der Waals surface area contributed by atoms with Crippen molar-refractivity contribution in [2.24, 2.45) is 5.92 Å². The number of H-pyrrole nitrogens is 1. The van der Waals surface area contributed by atoms with Crippen molar-refractivity contribution >= 4 is 35.3 Å². The van der Waals surface area contributed by atoms with Gasteiger partial charge in [-0.1, -0.05) is 6.07 Å². The van der Waals surface area contributed by atoms with Crippen LogP contribution in [0, 0.1) is 17.1 Å². The maximum Gasteiger partial charge on any atom is 0.227 e. The molecule has 2 aromatic heterocycles. The summed E-state index contributed by atoms with van der Waals surface area (Å²) in [6.07, 6.45) is 4.51. The standard InChI is InChI=1S/C24H26FN7O2/c1-14-13-34-9-8-32(14)22-11-17(18(12-26)23(30-22)29-21-6-7-27-31-21)16-4-5-20(19(25)10-16)28-24(33)15-2-3-15/h4-7,10-12,14-15,26H,2-3,8-9,13H2,1H3,(H,28,33)(H2,27,29,30,31)/t14-/m1/s1. The van der Waals surface area contributed by atoms with Crippen LogP contribution in [0.5, 0.6) is 0 Å². The number of morpholine rings is 1. The number of pyridine rings is 1. The second-order valence-electron chi connectivity index (χ2n) is 8.61. The molecule has 1 aliphatic heterocycles. The number of hydrogen-bond donors (Lipinski definition) is 4. The van der Waals surface area contributed by atoms with E-state index in [0.29, 0.717) is 53.9 Å². The molecule has 0 unspecified atom stereocenters. The average molecular weight is 464 g/mol. The van der Waals surface area contributed by atoms with Gasteiger partial charge >= 0.3 is 0 Å². The smallest absolute Gasteiger partial charge is 0.227 e. The molecule has 5 rings (SSSR count). The van der Waals surface area contributed by atoms with Gasteiger partial charge in [0.15, 0.2) is 0 Å². The first-order chi connectivity index (χ1) is 16.5. The average Bonchev–Trinajstić information content (AvgIpc) is 3.57. The number of benzene rings is 1. The molecular weight excluding hydrogens is 437 g/mol. The molecule has 0 spiro atoms. The van der Waals surface area contributed by atoms with Gasteiger partial charge in [-0.25, -0.2) is 9.37 Å². The SMILES string of the molecule is C[C@@H]1COCCN1c1cc(-c2ccc(NC(=O)C3CC3)c(F)c2)c(C=N)c(Nc2ccn[nH]2)n1. The highest BCUT2D eigenvalue weighted by Crippen LogP contribution is 2.35. The minimum atomic E-state index is -0.524. The summed E-state index contributed by atoms with van der Waals surface area (Å²) < 4.78 is 20.6. The quantitative estimate of drug-likeness (QED) is 0.394. The van der Waals surface area contributed by atoms with E-state index in [2.05, 4.69) is 32.7 Å². The van der Waals surface area contributed by atoms with Crippen molar-refractivity contribution in [3.8, 4) is 11.1 Å². The normalized spacial score (nSPS) is 17.9. The van der Waals surface area contributed by atoms with E-state index in [0.717, 1.165) is 12.8 Å². The van der Waals surface area contributed by atoms with Crippen molar-refractivity contribution in [1.29, 1.82) is 5.41 Å². The molecule has 3 heterocycles. The van der Waals surface area contributed by atoms with Crippen LogP contribution in [0.1, 0.15) is 25.3 Å². The van der Waals surface area contributed by atoms with Crippen LogP contribution in [0.4, 0.5) is 27.5 Å². The number of halogens is 1. The number of anilines is 4. The van der Waals surface area contributed by atoms with E-state index < -0.39 is 5.82 Å². The van der Waals surface area contributed by atoms with E-state index in [4.69, 9.17) is 15.1 Å². The van der Waals surface area contributed by atoms with E-state index >= 15 is 0 Å². The van der Waals surface area contributed by atoms with Crippen LogP contribution < -0.4 is 15.5 Å². The lowest BCUT2D eigenvalue weighted by Gasteiger charge is -2.35. The van der Waals surface area contributed by atoms with Crippen LogP contribution in [-0.2, 0) is 9.53 Å². The van der Waals surface area contributed by atoms with Crippen LogP contribution in [-0.4, -0.2) is 53.1 Å². The van der Waals surface area contributed by atoms with Crippen LogP contribution >= 0.6 is 0 Å². The third kappa shape index (κ3) is 4.49. The molecule has 4 N–H and O–H groups in total. The van der Waals surface area contributed by atoms with Gasteiger partial charge in [-0.2, -0.15) is 5.10 Å². The third-order valence-electron chi connectivity index (χ3n) is 6.09. The van der Waals surface area contributed by atoms with E-state index in [1.807, 2.05) is 6.07 Å². The van der Waals surface area contributed by atoms with Gasteiger partial charge in [0.05, 0.1) is 31.1 Å². The molecule has 0 radical (unpaired) electrons. The minimum absolute atomic E-state index is 0.0158. The molecule has 1 aliphatic carbocycles. The lowest BCUT2D eigenvalue weighted by atomic mass is 9.99. The van der Waals surface area contributed by atoms with Gasteiger partial charge in [-0.3, -0.25) is 9.89 Å². The summed E-state index contributed by atoms with van der Waals surface area (Å²) in [5.74, 6) is 1.09. The first-order valence-electron chi connectivity index (χ1n) is 11.3. The van der Waals surface area contributed by atoms with Crippen molar-refractivity contribution in [2.75, 3.05) is 35.3 Å². The molecule has 9 nitrogen and oxygen atoms in total. The number of aromatic amines is 1. The number of carbonyl (C=O) groups is 1. The largest absolute Gasteiger partial charge is 0.377 e. The Hall–Kier alpha value is -3.79. The zero-order valence-corrected chi connectivity index (χ0v) is 18.8. The summed E-state index contributed by atoms with van der Waals surface area (Å²) in [5, 5.41) is 20.7. The number of carbonyl (C=O) groups excluding carboxylic acids is 1. The number of amides is 1. The molecule has 1 atom stereocenters.